The highest BCUT2D eigenvalue weighted by Gasteiger charge is 2.46. The second-order valence-electron chi connectivity index (χ2n) is 12.9. The van der Waals surface area contributed by atoms with Crippen LogP contribution in [0.25, 0.3) is 0 Å². The van der Waals surface area contributed by atoms with Gasteiger partial charge >= 0.3 is 0 Å². The zero-order valence-corrected chi connectivity index (χ0v) is 31.2. The number of aliphatic hydroxyl groups is 4. The Hall–Kier alpha value is -5.64. The van der Waals surface area contributed by atoms with Crippen molar-refractivity contribution in [3.8, 4) is 40.6 Å². The van der Waals surface area contributed by atoms with Crippen LogP contribution in [-0.4, -0.2) is 116 Å². The molecule has 0 bridgehead atoms. The van der Waals surface area contributed by atoms with Crippen molar-refractivity contribution < 1.29 is 59.6 Å². The Labute approximate surface area is 342 Å². The first-order chi connectivity index (χ1) is 27.1. The van der Waals surface area contributed by atoms with Gasteiger partial charge in [0, 0.05) is 23.2 Å². The number of hydrogen-bond donors (Lipinski definition) is 9. The molecule has 0 saturated carbocycles. The Balaban J connectivity index is 1.41. The van der Waals surface area contributed by atoms with Gasteiger partial charge in [0.1, 0.15) is 53.7 Å². The summed E-state index contributed by atoms with van der Waals surface area (Å²) in [4.78, 5) is 40.9. The average Bonchev–Trinajstić information content (AvgIpc) is 3.47. The molecule has 15 nitrogen and oxygen atoms in total. The van der Waals surface area contributed by atoms with Crippen molar-refractivity contribution in [3.63, 3.8) is 0 Å². The molecule has 4 aromatic rings. The van der Waals surface area contributed by atoms with Gasteiger partial charge in [0.25, 0.3) is 5.87 Å². The number of primary amides is 1. The van der Waals surface area contributed by atoms with Crippen molar-refractivity contribution in [2.45, 2.75) is 41.0 Å². The number of nitrogens with zero attached hydrogens (tertiary/aromatic N) is 1. The Kier molecular flexibility index (Phi) is 12.5. The first-order valence-electron chi connectivity index (χ1n) is 16.9. The molecule has 0 spiro atoms. The number of benzene rings is 4. The third-order valence-corrected chi connectivity index (χ3v) is 10.1. The van der Waals surface area contributed by atoms with E-state index in [1.807, 2.05) is 0 Å². The van der Waals surface area contributed by atoms with Crippen LogP contribution in [0.4, 0.5) is 5.69 Å². The Morgan fingerprint density at radius 1 is 0.897 bits per heavy atom. The van der Waals surface area contributed by atoms with Crippen molar-refractivity contribution in [2.24, 2.45) is 5.73 Å². The number of hydrogen-bond acceptors (Lipinski definition) is 13. The van der Waals surface area contributed by atoms with Gasteiger partial charge in [-0.3, -0.25) is 19.3 Å². The molecular formula is C37H30B5N3O12S. The number of phenolic OH excluding ortho intramolecular Hbond substituents is 3. The van der Waals surface area contributed by atoms with Gasteiger partial charge in [-0.25, -0.2) is 0 Å². The number of carbonyl (C=O) groups is 3. The van der Waals surface area contributed by atoms with E-state index in [0.717, 1.165) is 30.0 Å². The van der Waals surface area contributed by atoms with Crippen LogP contribution >= 0.6 is 11.8 Å². The maximum absolute atomic E-state index is 14.1. The number of amides is 3. The van der Waals surface area contributed by atoms with Crippen molar-refractivity contribution in [2.75, 3.05) is 11.5 Å². The average molecular weight is 795 g/mol. The zero-order valence-electron chi connectivity index (χ0n) is 30.4. The maximum Gasteiger partial charge on any atom is 0.259 e. The SMILES string of the molecule is [B]c1c([B])c(O)c(C#Cc2ccc([C@@H]3S[C@H](CC(=O)NC([B])(O)C([B])(O)c4ccc(OC([B])(O)O)c(OCC)c4)C(=O)N3c3cccc(C(N)=O)c3)cc2)c(O)c1O. The number of nitrogens with one attached hydrogen (secondary N) is 1. The fourth-order valence-electron chi connectivity index (χ4n) is 5.72. The fourth-order valence-corrected chi connectivity index (χ4v) is 7.17. The van der Waals surface area contributed by atoms with Crippen LogP contribution in [0.2, 0.25) is 0 Å². The highest BCUT2D eigenvalue weighted by Crippen LogP contribution is 2.47. The van der Waals surface area contributed by atoms with E-state index in [1.54, 1.807) is 37.3 Å². The van der Waals surface area contributed by atoms with E-state index >= 15 is 0 Å². The topological polar surface area (TPSA) is 253 Å². The number of phenols is 3. The quantitative estimate of drug-likeness (QED) is 0.0246. The summed E-state index contributed by atoms with van der Waals surface area (Å²) in [6, 6.07) is 15.5. The van der Waals surface area contributed by atoms with Crippen LogP contribution in [-0.2, 0) is 15.1 Å². The lowest BCUT2D eigenvalue weighted by molar-refractivity contribution is -0.224. The van der Waals surface area contributed by atoms with E-state index in [2.05, 4.69) is 17.2 Å². The summed E-state index contributed by atoms with van der Waals surface area (Å²) < 4.78 is 10.2. The molecule has 10 radical (unpaired) electrons. The maximum atomic E-state index is 14.1. The molecule has 286 valence electrons. The molecule has 1 saturated heterocycles. The molecule has 0 aliphatic carbocycles. The highest BCUT2D eigenvalue weighted by atomic mass is 32.2. The molecule has 1 heterocycles. The first kappa shape index (κ1) is 43.5. The minimum Gasteiger partial charge on any atom is -0.507 e. The van der Waals surface area contributed by atoms with Gasteiger partial charge in [0.05, 0.1) is 17.4 Å². The summed E-state index contributed by atoms with van der Waals surface area (Å²) in [6.07, 6.45) is -0.599. The van der Waals surface area contributed by atoms with E-state index in [4.69, 9.17) is 54.4 Å². The van der Waals surface area contributed by atoms with Crippen LogP contribution in [0.1, 0.15) is 51.3 Å². The van der Waals surface area contributed by atoms with Crippen LogP contribution in [0, 0.1) is 11.8 Å². The second-order valence-corrected chi connectivity index (χ2v) is 14.1. The van der Waals surface area contributed by atoms with Crippen LogP contribution < -0.4 is 36.3 Å². The molecule has 5 rings (SSSR count). The van der Waals surface area contributed by atoms with Crippen LogP contribution in [0.15, 0.2) is 66.7 Å². The summed E-state index contributed by atoms with van der Waals surface area (Å²) in [5.74, 6) is -2.82. The molecule has 1 aliphatic heterocycles. The normalized spacial score (nSPS) is 17.3. The molecule has 4 atom stereocenters. The molecule has 2 unspecified atom stereocenters. The summed E-state index contributed by atoms with van der Waals surface area (Å²) >= 11 is 1.03. The van der Waals surface area contributed by atoms with E-state index < -0.39 is 74.5 Å². The number of ether oxygens (including phenoxy) is 2. The van der Waals surface area contributed by atoms with Crippen molar-refractivity contribution in [1.29, 1.82) is 0 Å². The number of carbonyl (C=O) groups excluding carboxylic acids is 3. The Bertz CT molecular complexity index is 2300. The van der Waals surface area contributed by atoms with Gasteiger partial charge in [0.2, 0.25) is 25.6 Å². The lowest BCUT2D eigenvalue weighted by Crippen LogP contribution is -2.64. The van der Waals surface area contributed by atoms with Gasteiger partial charge in [-0.15, -0.1) is 11.8 Å². The fraction of sp³-hybridized carbons (Fsp3) is 0.216. The summed E-state index contributed by atoms with van der Waals surface area (Å²) in [6.45, 7) is 1.61. The first-order valence-corrected chi connectivity index (χ1v) is 17.9. The van der Waals surface area contributed by atoms with Crippen LogP contribution in [0.3, 0.4) is 0 Å². The zero-order chi connectivity index (χ0) is 42.9. The van der Waals surface area contributed by atoms with E-state index in [-0.39, 0.29) is 45.9 Å². The van der Waals surface area contributed by atoms with E-state index in [9.17, 15) is 50.1 Å². The number of anilines is 1. The molecule has 10 N–H and O–H groups in total. The van der Waals surface area contributed by atoms with E-state index in [1.165, 1.54) is 23.1 Å². The summed E-state index contributed by atoms with van der Waals surface area (Å²) in [5.41, 5.74) is -0.741. The van der Waals surface area contributed by atoms with Crippen molar-refractivity contribution in [1.82, 2.24) is 5.32 Å². The third-order valence-electron chi connectivity index (χ3n) is 8.70. The summed E-state index contributed by atoms with van der Waals surface area (Å²) in [5, 5.41) is 72.0. The lowest BCUT2D eigenvalue weighted by atomic mass is 9.60. The molecule has 0 aromatic heterocycles. The Morgan fingerprint density at radius 2 is 1.55 bits per heavy atom. The van der Waals surface area contributed by atoms with Gasteiger partial charge in [-0.1, -0.05) is 47.0 Å². The molecule has 1 fully saturated rings. The largest absolute Gasteiger partial charge is 0.507 e. The molecule has 21 heteroatoms. The standard InChI is InChI=1S/C37H30B5N3O12S/c1-2-56-24-15-20(11-13-23(24)57-37(42,54)55)35(40,52)36(41,53)44-26(46)16-25-33(51)45(21-5-3-4-19(14-21)32(43)50)34(58-25)18-9-6-17(7-10-18)8-12-22-29(47)27(38)28(39)31(49)30(22)48/h3-7,9-11,13-15,25,34,47-49,52-55H,2,16H2,1H3,(H2,43,50)(H,44,46)/t25-,34+,35?,36?/m1/s1. The summed E-state index contributed by atoms with van der Waals surface area (Å²) in [7, 11) is 28.4. The Morgan fingerprint density at radius 3 is 2.17 bits per heavy atom. The molecule has 3 amide bonds. The predicted molar refractivity (Wildman–Crippen MR) is 215 cm³/mol. The highest BCUT2D eigenvalue weighted by molar-refractivity contribution is 8.01. The third kappa shape index (κ3) is 9.06. The minimum atomic E-state index is -3.10. The van der Waals surface area contributed by atoms with Crippen LogP contribution in [0.5, 0.6) is 28.7 Å². The van der Waals surface area contributed by atoms with Crippen molar-refractivity contribution in [3.05, 3.63) is 94.5 Å². The van der Waals surface area contributed by atoms with Gasteiger partial charge in [-0.2, -0.15) is 0 Å². The monoisotopic (exact) mass is 795 g/mol. The number of thioether (sulfide) groups is 1. The molecule has 1 aliphatic rings. The van der Waals surface area contributed by atoms with Crippen molar-refractivity contribution >= 4 is 85.3 Å². The lowest BCUT2D eigenvalue weighted by Gasteiger charge is -2.41. The van der Waals surface area contributed by atoms with Gasteiger partial charge in [0.15, 0.2) is 23.0 Å². The predicted octanol–water partition coefficient (Wildman–Crippen LogP) is -2.09. The number of nitrogens with two attached hydrogens (primary N) is 1. The minimum absolute atomic E-state index is 0.0282. The molecule has 4 aromatic carbocycles. The van der Waals surface area contributed by atoms with E-state index in [0.29, 0.717) is 11.1 Å². The van der Waals surface area contributed by atoms with Gasteiger partial charge in [-0.05, 0) is 60.5 Å². The molecular weight excluding hydrogens is 765 g/mol. The smallest absolute Gasteiger partial charge is 0.259 e. The molecule has 58 heavy (non-hydrogen) atoms. The van der Waals surface area contributed by atoms with Gasteiger partial charge < -0.3 is 56.3 Å². The number of aromatic hydroxyl groups is 3. The second kappa shape index (κ2) is 16.7. The number of rotatable bonds is 12.